The molecule has 0 radical (unpaired) electrons. The minimum absolute atomic E-state index is 0.356. The van der Waals surface area contributed by atoms with E-state index < -0.39 is 0 Å². The van der Waals surface area contributed by atoms with Crippen molar-refractivity contribution < 1.29 is 4.74 Å². The van der Waals surface area contributed by atoms with Crippen molar-refractivity contribution in [3.63, 3.8) is 0 Å². The summed E-state index contributed by atoms with van der Waals surface area (Å²) in [5, 5.41) is 4.20. The highest BCUT2D eigenvalue weighted by Gasteiger charge is 2.22. The topological polar surface area (TPSA) is 21.3 Å². The molecule has 4 heteroatoms. The summed E-state index contributed by atoms with van der Waals surface area (Å²) < 4.78 is 5.86. The molecule has 1 aromatic carbocycles. The molecule has 2 saturated heterocycles. The highest BCUT2D eigenvalue weighted by molar-refractivity contribution is 8.00. The van der Waals surface area contributed by atoms with Crippen LogP contribution in [0.25, 0.3) is 0 Å². The van der Waals surface area contributed by atoms with Crippen LogP contribution in [0.4, 0.5) is 0 Å². The molecule has 1 unspecified atom stereocenters. The Morgan fingerprint density at radius 2 is 2.22 bits per heavy atom. The third-order valence-electron chi connectivity index (χ3n) is 3.63. The number of benzene rings is 1. The number of rotatable bonds is 3. The molecule has 0 spiro atoms. The van der Waals surface area contributed by atoms with E-state index in [1.165, 1.54) is 18.4 Å². The first kappa shape index (κ1) is 12.6. The van der Waals surface area contributed by atoms with E-state index in [9.17, 15) is 0 Å². The van der Waals surface area contributed by atoms with Crippen LogP contribution in [0.1, 0.15) is 24.3 Å². The van der Waals surface area contributed by atoms with Gasteiger partial charge < -0.3 is 10.1 Å². The molecular formula is C14H18ClNOS. The van der Waals surface area contributed by atoms with E-state index in [0.717, 1.165) is 35.4 Å². The SMILES string of the molecule is Clc1cc(C2CCCNC2)ccc1OC1CSC1. The third-order valence-corrected chi connectivity index (χ3v) is 5.14. The maximum atomic E-state index is 6.32. The van der Waals surface area contributed by atoms with E-state index in [1.54, 1.807) is 0 Å². The number of nitrogens with one attached hydrogen (secondary N) is 1. The highest BCUT2D eigenvalue weighted by atomic mass is 35.5. The van der Waals surface area contributed by atoms with Gasteiger partial charge in [0.05, 0.1) is 5.02 Å². The lowest BCUT2D eigenvalue weighted by Crippen LogP contribution is -2.31. The van der Waals surface area contributed by atoms with E-state index in [0.29, 0.717) is 12.0 Å². The molecule has 0 saturated carbocycles. The summed E-state index contributed by atoms with van der Waals surface area (Å²) in [6.45, 7) is 2.21. The molecule has 0 aliphatic carbocycles. The van der Waals surface area contributed by atoms with Gasteiger partial charge >= 0.3 is 0 Å². The maximum Gasteiger partial charge on any atom is 0.138 e. The van der Waals surface area contributed by atoms with E-state index in [2.05, 4.69) is 17.4 Å². The summed E-state index contributed by atoms with van der Waals surface area (Å²) >= 11 is 8.24. The van der Waals surface area contributed by atoms with Crippen LogP contribution in [0.15, 0.2) is 18.2 Å². The molecular weight excluding hydrogens is 266 g/mol. The predicted molar refractivity (Wildman–Crippen MR) is 78.0 cm³/mol. The average molecular weight is 284 g/mol. The smallest absolute Gasteiger partial charge is 0.138 e. The van der Waals surface area contributed by atoms with Crippen LogP contribution in [0.5, 0.6) is 5.75 Å². The summed E-state index contributed by atoms with van der Waals surface area (Å²) in [7, 11) is 0. The summed E-state index contributed by atoms with van der Waals surface area (Å²) in [5.41, 5.74) is 1.34. The number of thioether (sulfide) groups is 1. The zero-order valence-electron chi connectivity index (χ0n) is 10.3. The number of hydrogen-bond donors (Lipinski definition) is 1. The molecule has 1 atom stereocenters. The van der Waals surface area contributed by atoms with Gasteiger partial charge in [-0.15, -0.1) is 0 Å². The first-order valence-corrected chi connectivity index (χ1v) is 8.11. The highest BCUT2D eigenvalue weighted by Crippen LogP contribution is 2.33. The Morgan fingerprint density at radius 1 is 1.33 bits per heavy atom. The van der Waals surface area contributed by atoms with Crippen LogP contribution in [0.3, 0.4) is 0 Å². The minimum atomic E-state index is 0.356. The van der Waals surface area contributed by atoms with Gasteiger partial charge in [-0.05, 0) is 43.0 Å². The van der Waals surface area contributed by atoms with Crippen LogP contribution >= 0.6 is 23.4 Å². The van der Waals surface area contributed by atoms with Crippen molar-refractivity contribution in [3.05, 3.63) is 28.8 Å². The molecule has 0 aromatic heterocycles. The Kier molecular flexibility index (Phi) is 4.02. The molecule has 0 amide bonds. The summed E-state index contributed by atoms with van der Waals surface area (Å²) in [4.78, 5) is 0. The summed E-state index contributed by atoms with van der Waals surface area (Å²) in [6, 6.07) is 6.29. The Hall–Kier alpha value is -0.380. The van der Waals surface area contributed by atoms with Gasteiger partial charge in [-0.25, -0.2) is 0 Å². The Balaban J connectivity index is 1.70. The lowest BCUT2D eigenvalue weighted by atomic mass is 9.92. The third kappa shape index (κ3) is 2.79. The van der Waals surface area contributed by atoms with E-state index in [1.807, 2.05) is 17.8 Å². The Labute approximate surface area is 117 Å². The molecule has 2 heterocycles. The molecule has 1 aromatic rings. The minimum Gasteiger partial charge on any atom is -0.487 e. The standard InChI is InChI=1S/C14H18ClNOS/c15-13-6-10(11-2-1-5-16-7-11)3-4-14(13)17-12-8-18-9-12/h3-4,6,11-12,16H,1-2,5,7-9H2. The lowest BCUT2D eigenvalue weighted by Gasteiger charge is -2.27. The van der Waals surface area contributed by atoms with Crippen molar-refractivity contribution in [1.29, 1.82) is 0 Å². The van der Waals surface area contributed by atoms with Crippen molar-refractivity contribution in [1.82, 2.24) is 5.32 Å². The van der Waals surface area contributed by atoms with Crippen molar-refractivity contribution in [2.45, 2.75) is 24.9 Å². The number of ether oxygens (including phenoxy) is 1. The van der Waals surface area contributed by atoms with Gasteiger partial charge in [0.2, 0.25) is 0 Å². The van der Waals surface area contributed by atoms with Crippen LogP contribution in [0, 0.1) is 0 Å². The largest absolute Gasteiger partial charge is 0.487 e. The van der Waals surface area contributed by atoms with Gasteiger partial charge in [-0.3, -0.25) is 0 Å². The Morgan fingerprint density at radius 3 is 2.83 bits per heavy atom. The number of halogens is 1. The monoisotopic (exact) mass is 283 g/mol. The van der Waals surface area contributed by atoms with Crippen molar-refractivity contribution in [2.24, 2.45) is 0 Å². The zero-order chi connectivity index (χ0) is 12.4. The molecule has 2 aliphatic rings. The van der Waals surface area contributed by atoms with Gasteiger partial charge in [0.1, 0.15) is 11.9 Å². The van der Waals surface area contributed by atoms with E-state index in [-0.39, 0.29) is 0 Å². The molecule has 18 heavy (non-hydrogen) atoms. The first-order chi connectivity index (χ1) is 8.83. The van der Waals surface area contributed by atoms with E-state index in [4.69, 9.17) is 16.3 Å². The second kappa shape index (κ2) is 5.72. The van der Waals surface area contributed by atoms with Crippen molar-refractivity contribution in [3.8, 4) is 5.75 Å². The van der Waals surface area contributed by atoms with Crippen molar-refractivity contribution in [2.75, 3.05) is 24.6 Å². The molecule has 2 aliphatic heterocycles. The summed E-state index contributed by atoms with van der Waals surface area (Å²) in [5.74, 6) is 3.62. The van der Waals surface area contributed by atoms with Gasteiger partial charge in [0.25, 0.3) is 0 Å². The quantitative estimate of drug-likeness (QED) is 0.920. The fourth-order valence-electron chi connectivity index (χ4n) is 2.46. The molecule has 98 valence electrons. The molecule has 1 N–H and O–H groups in total. The maximum absolute atomic E-state index is 6.32. The fraction of sp³-hybridized carbons (Fsp3) is 0.571. The van der Waals surface area contributed by atoms with E-state index >= 15 is 0 Å². The molecule has 2 nitrogen and oxygen atoms in total. The average Bonchev–Trinajstić information content (AvgIpc) is 2.36. The van der Waals surface area contributed by atoms with Gasteiger partial charge in [-0.1, -0.05) is 17.7 Å². The van der Waals surface area contributed by atoms with Crippen LogP contribution in [-0.2, 0) is 0 Å². The summed E-state index contributed by atoms with van der Waals surface area (Å²) in [6.07, 6.45) is 2.86. The molecule has 2 fully saturated rings. The fourth-order valence-corrected chi connectivity index (χ4v) is 3.26. The normalized spacial score (nSPS) is 24.6. The zero-order valence-corrected chi connectivity index (χ0v) is 11.9. The van der Waals surface area contributed by atoms with Crippen LogP contribution in [-0.4, -0.2) is 30.7 Å². The van der Waals surface area contributed by atoms with Gasteiger partial charge in [-0.2, -0.15) is 11.8 Å². The lowest BCUT2D eigenvalue weighted by molar-refractivity contribution is 0.240. The van der Waals surface area contributed by atoms with Crippen LogP contribution < -0.4 is 10.1 Å². The van der Waals surface area contributed by atoms with Gasteiger partial charge in [0, 0.05) is 18.1 Å². The van der Waals surface area contributed by atoms with Gasteiger partial charge in [0.15, 0.2) is 0 Å². The number of hydrogen-bond acceptors (Lipinski definition) is 3. The number of piperidine rings is 1. The second-order valence-corrected chi connectivity index (χ2v) is 6.49. The second-order valence-electron chi connectivity index (χ2n) is 5.01. The Bertz CT molecular complexity index is 416. The van der Waals surface area contributed by atoms with Crippen molar-refractivity contribution >= 4 is 23.4 Å². The van der Waals surface area contributed by atoms with Crippen LogP contribution in [0.2, 0.25) is 5.02 Å². The molecule has 0 bridgehead atoms. The molecule has 3 rings (SSSR count). The predicted octanol–water partition coefficient (Wildman–Crippen LogP) is 3.30. The first-order valence-electron chi connectivity index (χ1n) is 6.57.